The quantitative estimate of drug-likeness (QED) is 0.893. The zero-order valence-electron chi connectivity index (χ0n) is 12.3. The molecule has 0 bridgehead atoms. The number of phenols is 1. The van der Waals surface area contributed by atoms with Crippen molar-refractivity contribution < 1.29 is 9.84 Å². The van der Waals surface area contributed by atoms with Gasteiger partial charge in [-0.3, -0.25) is 4.98 Å². The highest BCUT2D eigenvalue weighted by atomic mass is 16.5. The lowest BCUT2D eigenvalue weighted by molar-refractivity contribution is 0.406. The van der Waals surface area contributed by atoms with E-state index in [0.29, 0.717) is 5.75 Å². The molecule has 1 atom stereocenters. The predicted molar refractivity (Wildman–Crippen MR) is 80.4 cm³/mol. The summed E-state index contributed by atoms with van der Waals surface area (Å²) in [6, 6.07) is 9.28. The number of rotatable bonds is 4. The molecule has 4 nitrogen and oxygen atoms in total. The van der Waals surface area contributed by atoms with Gasteiger partial charge in [-0.1, -0.05) is 0 Å². The molecule has 2 aromatic rings. The normalized spacial score (nSPS) is 12.0. The molecule has 0 saturated carbocycles. The second-order valence-corrected chi connectivity index (χ2v) is 4.88. The molecule has 1 unspecified atom stereocenters. The maximum Gasteiger partial charge on any atom is 0.124 e. The summed E-state index contributed by atoms with van der Waals surface area (Å²) in [5.74, 6) is 0.869. The van der Waals surface area contributed by atoms with Crippen LogP contribution in [-0.4, -0.2) is 17.2 Å². The second-order valence-electron chi connectivity index (χ2n) is 4.88. The predicted octanol–water partition coefficient (Wildman–Crippen LogP) is 3.59. The van der Waals surface area contributed by atoms with Gasteiger partial charge in [-0.05, 0) is 45.0 Å². The monoisotopic (exact) mass is 272 g/mol. The first-order chi connectivity index (χ1) is 9.51. The van der Waals surface area contributed by atoms with Gasteiger partial charge >= 0.3 is 0 Å². The molecule has 4 heteroatoms. The van der Waals surface area contributed by atoms with Gasteiger partial charge in [-0.15, -0.1) is 0 Å². The van der Waals surface area contributed by atoms with E-state index in [9.17, 15) is 5.11 Å². The molecule has 0 amide bonds. The largest absolute Gasteiger partial charge is 0.507 e. The Morgan fingerprint density at radius 1 is 1.20 bits per heavy atom. The number of aryl methyl sites for hydroxylation is 2. The number of pyridine rings is 1. The maximum absolute atomic E-state index is 10.0. The number of methoxy groups -OCH3 is 1. The van der Waals surface area contributed by atoms with E-state index in [-0.39, 0.29) is 11.8 Å². The highest BCUT2D eigenvalue weighted by Gasteiger charge is 2.12. The Hall–Kier alpha value is -2.23. The molecule has 1 heterocycles. The maximum atomic E-state index is 10.0. The van der Waals surface area contributed by atoms with Crippen molar-refractivity contribution in [1.29, 1.82) is 0 Å². The van der Waals surface area contributed by atoms with E-state index in [2.05, 4.69) is 10.3 Å². The number of ether oxygens (including phenoxy) is 1. The van der Waals surface area contributed by atoms with E-state index in [1.54, 1.807) is 13.2 Å². The molecule has 1 aromatic carbocycles. The molecule has 0 radical (unpaired) electrons. The fraction of sp³-hybridized carbons (Fsp3) is 0.312. The number of nitrogens with one attached hydrogen (secondary N) is 1. The van der Waals surface area contributed by atoms with Crippen LogP contribution in [0, 0.1) is 13.8 Å². The van der Waals surface area contributed by atoms with Crippen LogP contribution < -0.4 is 10.1 Å². The molecule has 2 rings (SSSR count). The first-order valence-corrected chi connectivity index (χ1v) is 6.59. The highest BCUT2D eigenvalue weighted by Crippen LogP contribution is 2.30. The van der Waals surface area contributed by atoms with Crippen LogP contribution in [0.25, 0.3) is 0 Å². The first kappa shape index (κ1) is 14.2. The van der Waals surface area contributed by atoms with Crippen molar-refractivity contribution in [2.45, 2.75) is 26.8 Å². The first-order valence-electron chi connectivity index (χ1n) is 6.59. The van der Waals surface area contributed by atoms with Crippen LogP contribution in [0.2, 0.25) is 0 Å². The van der Waals surface area contributed by atoms with Crippen LogP contribution in [0.3, 0.4) is 0 Å². The molecular formula is C16H20N2O2. The molecular weight excluding hydrogens is 252 g/mol. The smallest absolute Gasteiger partial charge is 0.124 e. The van der Waals surface area contributed by atoms with Crippen LogP contribution in [0.5, 0.6) is 11.5 Å². The topological polar surface area (TPSA) is 54.4 Å². The van der Waals surface area contributed by atoms with Crippen molar-refractivity contribution >= 4 is 5.69 Å². The van der Waals surface area contributed by atoms with Gasteiger partial charge in [-0.25, -0.2) is 0 Å². The minimum absolute atomic E-state index is 0.0240. The van der Waals surface area contributed by atoms with Crippen molar-refractivity contribution in [2.24, 2.45) is 0 Å². The molecule has 0 aliphatic carbocycles. The summed E-state index contributed by atoms with van der Waals surface area (Å²) in [6.45, 7) is 5.94. The molecule has 2 N–H and O–H groups in total. The summed E-state index contributed by atoms with van der Waals surface area (Å²) in [7, 11) is 1.58. The van der Waals surface area contributed by atoms with E-state index < -0.39 is 0 Å². The lowest BCUT2D eigenvalue weighted by Crippen LogP contribution is -2.09. The van der Waals surface area contributed by atoms with E-state index in [1.165, 1.54) is 0 Å². The molecule has 0 saturated heterocycles. The van der Waals surface area contributed by atoms with Crippen molar-refractivity contribution in [1.82, 2.24) is 4.98 Å². The Bertz CT molecular complexity index is 611. The van der Waals surface area contributed by atoms with Crippen LogP contribution in [0.15, 0.2) is 30.3 Å². The third-order valence-corrected chi connectivity index (χ3v) is 3.30. The summed E-state index contributed by atoms with van der Waals surface area (Å²) in [4.78, 5) is 4.43. The van der Waals surface area contributed by atoms with E-state index in [1.807, 2.05) is 45.0 Å². The van der Waals surface area contributed by atoms with Gasteiger partial charge in [0.2, 0.25) is 0 Å². The van der Waals surface area contributed by atoms with Gasteiger partial charge in [0, 0.05) is 17.3 Å². The van der Waals surface area contributed by atoms with Crippen molar-refractivity contribution in [3.8, 4) is 11.5 Å². The molecule has 0 aliphatic heterocycles. The zero-order valence-corrected chi connectivity index (χ0v) is 12.3. The summed E-state index contributed by atoms with van der Waals surface area (Å²) in [6.07, 6.45) is 0. The Morgan fingerprint density at radius 3 is 2.55 bits per heavy atom. The summed E-state index contributed by atoms with van der Waals surface area (Å²) in [5, 5.41) is 13.4. The van der Waals surface area contributed by atoms with Crippen LogP contribution in [-0.2, 0) is 0 Å². The minimum atomic E-state index is -0.0240. The SMILES string of the molecule is COc1ccc(C(C)Nc2ccc(C)nc2C)c(O)c1. The van der Waals surface area contributed by atoms with Gasteiger partial charge in [0.15, 0.2) is 0 Å². The number of anilines is 1. The van der Waals surface area contributed by atoms with Crippen LogP contribution in [0.4, 0.5) is 5.69 Å². The summed E-state index contributed by atoms with van der Waals surface area (Å²) >= 11 is 0. The third-order valence-electron chi connectivity index (χ3n) is 3.30. The number of aromatic nitrogens is 1. The Balaban J connectivity index is 2.21. The number of hydrogen-bond donors (Lipinski definition) is 2. The Kier molecular flexibility index (Phi) is 4.13. The number of hydrogen-bond acceptors (Lipinski definition) is 4. The standard InChI is InChI=1S/C16H20N2O2/c1-10-5-8-15(12(3)17-10)18-11(2)14-7-6-13(20-4)9-16(14)19/h5-9,11,18-19H,1-4H3. The van der Waals surface area contributed by atoms with E-state index >= 15 is 0 Å². The lowest BCUT2D eigenvalue weighted by atomic mass is 10.1. The number of phenolic OH excluding ortho intramolecular Hbond substituents is 1. The van der Waals surface area contributed by atoms with Gasteiger partial charge in [0.25, 0.3) is 0 Å². The molecule has 106 valence electrons. The zero-order chi connectivity index (χ0) is 14.7. The highest BCUT2D eigenvalue weighted by molar-refractivity contribution is 5.51. The average Bonchev–Trinajstić information content (AvgIpc) is 2.41. The van der Waals surface area contributed by atoms with E-state index in [4.69, 9.17) is 4.74 Å². The van der Waals surface area contributed by atoms with Crippen molar-refractivity contribution in [3.63, 3.8) is 0 Å². The number of benzene rings is 1. The summed E-state index contributed by atoms with van der Waals surface area (Å²) in [5.41, 5.74) is 3.74. The molecule has 0 aliphatic rings. The Morgan fingerprint density at radius 2 is 1.95 bits per heavy atom. The lowest BCUT2D eigenvalue weighted by Gasteiger charge is -2.18. The fourth-order valence-electron chi connectivity index (χ4n) is 2.17. The van der Waals surface area contributed by atoms with Crippen molar-refractivity contribution in [3.05, 3.63) is 47.3 Å². The van der Waals surface area contributed by atoms with Crippen LogP contribution >= 0.6 is 0 Å². The fourth-order valence-corrected chi connectivity index (χ4v) is 2.17. The molecule has 1 aromatic heterocycles. The summed E-state index contributed by atoms with van der Waals surface area (Å²) < 4.78 is 5.09. The van der Waals surface area contributed by atoms with Gasteiger partial charge in [0.05, 0.1) is 24.5 Å². The second kappa shape index (κ2) is 5.82. The van der Waals surface area contributed by atoms with Crippen molar-refractivity contribution in [2.75, 3.05) is 12.4 Å². The minimum Gasteiger partial charge on any atom is -0.507 e. The van der Waals surface area contributed by atoms with E-state index in [0.717, 1.165) is 22.6 Å². The average molecular weight is 272 g/mol. The number of nitrogens with zero attached hydrogens (tertiary/aromatic N) is 1. The van der Waals surface area contributed by atoms with Gasteiger partial charge in [0.1, 0.15) is 11.5 Å². The molecule has 0 spiro atoms. The molecule has 20 heavy (non-hydrogen) atoms. The number of aromatic hydroxyl groups is 1. The van der Waals surface area contributed by atoms with Gasteiger partial charge < -0.3 is 15.2 Å². The third kappa shape index (κ3) is 3.02. The van der Waals surface area contributed by atoms with Crippen LogP contribution in [0.1, 0.15) is 29.9 Å². The molecule has 0 fully saturated rings. The Labute approximate surface area is 119 Å². The van der Waals surface area contributed by atoms with Gasteiger partial charge in [-0.2, -0.15) is 0 Å².